The average molecular weight is 273 g/mol. The Kier molecular flexibility index (Phi) is 2.91. The number of hydrogen-bond acceptors (Lipinski definition) is 4. The second-order valence-corrected chi connectivity index (χ2v) is 5.48. The monoisotopic (exact) mass is 273 g/mol. The molecule has 0 saturated heterocycles. The SMILES string of the molecule is CCOc1ccccc1-c1nc2sc(C)cn2c1N. The first-order valence-corrected chi connectivity index (χ1v) is 6.98. The molecule has 2 heterocycles. The molecule has 0 spiro atoms. The molecule has 2 N–H and O–H groups in total. The minimum Gasteiger partial charge on any atom is -0.493 e. The number of hydrogen-bond donors (Lipinski definition) is 1. The van der Waals surface area contributed by atoms with Gasteiger partial charge in [-0.1, -0.05) is 12.1 Å². The summed E-state index contributed by atoms with van der Waals surface area (Å²) in [6, 6.07) is 7.85. The fraction of sp³-hybridized carbons (Fsp3) is 0.214. The van der Waals surface area contributed by atoms with Crippen LogP contribution < -0.4 is 10.5 Å². The van der Waals surface area contributed by atoms with Gasteiger partial charge in [-0.2, -0.15) is 0 Å². The maximum absolute atomic E-state index is 6.20. The second-order valence-electron chi connectivity index (χ2n) is 4.27. The molecule has 0 aliphatic rings. The summed E-state index contributed by atoms with van der Waals surface area (Å²) in [7, 11) is 0. The van der Waals surface area contributed by atoms with Gasteiger partial charge in [-0.15, -0.1) is 11.3 Å². The van der Waals surface area contributed by atoms with Gasteiger partial charge < -0.3 is 10.5 Å². The maximum Gasteiger partial charge on any atom is 0.196 e. The van der Waals surface area contributed by atoms with Crippen molar-refractivity contribution in [3.05, 3.63) is 35.3 Å². The molecule has 0 aliphatic heterocycles. The molecule has 0 aliphatic carbocycles. The number of aryl methyl sites for hydroxylation is 1. The number of nitrogen functional groups attached to an aromatic ring is 1. The Morgan fingerprint density at radius 2 is 2.16 bits per heavy atom. The highest BCUT2D eigenvalue weighted by atomic mass is 32.1. The Bertz CT molecular complexity index is 729. The van der Waals surface area contributed by atoms with E-state index in [9.17, 15) is 0 Å². The topological polar surface area (TPSA) is 52.5 Å². The third-order valence-electron chi connectivity index (χ3n) is 2.92. The van der Waals surface area contributed by atoms with Gasteiger partial charge in [0.25, 0.3) is 0 Å². The lowest BCUT2D eigenvalue weighted by Crippen LogP contribution is -1.96. The second kappa shape index (κ2) is 4.59. The van der Waals surface area contributed by atoms with Crippen molar-refractivity contribution in [1.29, 1.82) is 0 Å². The molecule has 0 atom stereocenters. The summed E-state index contributed by atoms with van der Waals surface area (Å²) >= 11 is 1.63. The van der Waals surface area contributed by atoms with Crippen molar-refractivity contribution in [1.82, 2.24) is 9.38 Å². The highest BCUT2D eigenvalue weighted by Gasteiger charge is 2.16. The molecular formula is C14H15N3OS. The van der Waals surface area contributed by atoms with E-state index in [-0.39, 0.29) is 0 Å². The molecule has 0 saturated carbocycles. The normalized spacial score (nSPS) is 11.1. The van der Waals surface area contributed by atoms with Gasteiger partial charge in [0.05, 0.1) is 6.61 Å². The third-order valence-corrected chi connectivity index (χ3v) is 3.82. The number of nitrogens with zero attached hydrogens (tertiary/aromatic N) is 2. The van der Waals surface area contributed by atoms with Crippen molar-refractivity contribution >= 4 is 22.1 Å². The molecule has 5 heteroatoms. The maximum atomic E-state index is 6.20. The fourth-order valence-electron chi connectivity index (χ4n) is 2.11. The molecule has 3 aromatic rings. The van der Waals surface area contributed by atoms with Gasteiger partial charge in [0, 0.05) is 16.6 Å². The number of anilines is 1. The van der Waals surface area contributed by atoms with Gasteiger partial charge in [0.15, 0.2) is 4.96 Å². The van der Waals surface area contributed by atoms with Crippen LogP contribution >= 0.6 is 11.3 Å². The van der Waals surface area contributed by atoms with Crippen LogP contribution in [0.1, 0.15) is 11.8 Å². The number of rotatable bonds is 3. The van der Waals surface area contributed by atoms with E-state index in [1.165, 1.54) is 4.88 Å². The summed E-state index contributed by atoms with van der Waals surface area (Å²) < 4.78 is 7.57. The number of thiazole rings is 1. The van der Waals surface area contributed by atoms with Crippen LogP contribution in [0.15, 0.2) is 30.5 Å². The van der Waals surface area contributed by atoms with Crippen molar-refractivity contribution < 1.29 is 4.74 Å². The Morgan fingerprint density at radius 3 is 2.89 bits per heavy atom. The summed E-state index contributed by atoms with van der Waals surface area (Å²) in [6.45, 7) is 4.64. The van der Waals surface area contributed by atoms with E-state index in [0.29, 0.717) is 12.4 Å². The zero-order valence-electron chi connectivity index (χ0n) is 10.9. The molecule has 4 nitrogen and oxygen atoms in total. The van der Waals surface area contributed by atoms with Gasteiger partial charge in [0.1, 0.15) is 17.3 Å². The minimum atomic E-state index is 0.623. The molecule has 0 unspecified atom stereocenters. The number of benzene rings is 1. The number of ether oxygens (including phenoxy) is 1. The molecule has 0 amide bonds. The first-order chi connectivity index (χ1) is 9.20. The fourth-order valence-corrected chi connectivity index (χ4v) is 2.95. The first-order valence-electron chi connectivity index (χ1n) is 6.17. The Hall–Kier alpha value is -2.01. The van der Waals surface area contributed by atoms with Gasteiger partial charge in [-0.05, 0) is 26.0 Å². The lowest BCUT2D eigenvalue weighted by Gasteiger charge is -2.08. The van der Waals surface area contributed by atoms with E-state index >= 15 is 0 Å². The molecule has 2 aromatic heterocycles. The quantitative estimate of drug-likeness (QED) is 0.796. The van der Waals surface area contributed by atoms with E-state index in [1.807, 2.05) is 48.7 Å². The molecule has 3 rings (SSSR count). The lowest BCUT2D eigenvalue weighted by atomic mass is 10.1. The van der Waals surface area contributed by atoms with Crippen LogP contribution in [-0.4, -0.2) is 16.0 Å². The van der Waals surface area contributed by atoms with Crippen LogP contribution in [0, 0.1) is 6.92 Å². The van der Waals surface area contributed by atoms with E-state index in [0.717, 1.165) is 22.0 Å². The smallest absolute Gasteiger partial charge is 0.196 e. The van der Waals surface area contributed by atoms with E-state index in [1.54, 1.807) is 11.3 Å². The molecule has 0 fully saturated rings. The summed E-state index contributed by atoms with van der Waals surface area (Å²) in [5.74, 6) is 1.48. The Balaban J connectivity index is 2.18. The highest BCUT2D eigenvalue weighted by Crippen LogP contribution is 2.35. The van der Waals surface area contributed by atoms with Crippen LogP contribution in [0.3, 0.4) is 0 Å². The van der Waals surface area contributed by atoms with Gasteiger partial charge in [-0.25, -0.2) is 4.98 Å². The van der Waals surface area contributed by atoms with Gasteiger partial charge in [0.2, 0.25) is 0 Å². The highest BCUT2D eigenvalue weighted by molar-refractivity contribution is 7.17. The Labute approximate surface area is 115 Å². The standard InChI is InChI=1S/C14H15N3OS/c1-3-18-11-7-5-4-6-10(11)12-13(15)17-8-9(2)19-14(17)16-12/h4-8H,3,15H2,1-2H3. The summed E-state index contributed by atoms with van der Waals surface area (Å²) in [4.78, 5) is 6.73. The van der Waals surface area contributed by atoms with Crippen LogP contribution in [0.25, 0.3) is 16.2 Å². The number of imidazole rings is 1. The van der Waals surface area contributed by atoms with Crippen LogP contribution in [0.2, 0.25) is 0 Å². The molecule has 98 valence electrons. The first kappa shape index (κ1) is 12.0. The van der Waals surface area contributed by atoms with Crippen molar-refractivity contribution in [2.45, 2.75) is 13.8 Å². The van der Waals surface area contributed by atoms with Crippen LogP contribution in [-0.2, 0) is 0 Å². The molecular weight excluding hydrogens is 258 g/mol. The molecule has 0 bridgehead atoms. The summed E-state index contributed by atoms with van der Waals surface area (Å²) in [5.41, 5.74) is 7.93. The van der Waals surface area contributed by atoms with Crippen molar-refractivity contribution in [2.24, 2.45) is 0 Å². The minimum absolute atomic E-state index is 0.623. The van der Waals surface area contributed by atoms with Gasteiger partial charge in [-0.3, -0.25) is 4.40 Å². The summed E-state index contributed by atoms with van der Waals surface area (Å²) in [5, 5.41) is 0. The molecule has 0 radical (unpaired) electrons. The molecule has 1 aromatic carbocycles. The zero-order valence-corrected chi connectivity index (χ0v) is 11.7. The zero-order chi connectivity index (χ0) is 13.4. The van der Waals surface area contributed by atoms with Crippen LogP contribution in [0.5, 0.6) is 5.75 Å². The van der Waals surface area contributed by atoms with E-state index in [2.05, 4.69) is 4.98 Å². The number of aromatic nitrogens is 2. The number of fused-ring (bicyclic) bond motifs is 1. The van der Waals surface area contributed by atoms with Crippen molar-refractivity contribution in [3.63, 3.8) is 0 Å². The van der Waals surface area contributed by atoms with E-state index < -0.39 is 0 Å². The van der Waals surface area contributed by atoms with E-state index in [4.69, 9.17) is 10.5 Å². The number of nitrogens with two attached hydrogens (primary N) is 1. The summed E-state index contributed by atoms with van der Waals surface area (Å²) in [6.07, 6.45) is 2.01. The van der Waals surface area contributed by atoms with Crippen molar-refractivity contribution in [3.8, 4) is 17.0 Å². The lowest BCUT2D eigenvalue weighted by molar-refractivity contribution is 0.341. The van der Waals surface area contributed by atoms with Crippen molar-refractivity contribution in [2.75, 3.05) is 12.3 Å². The average Bonchev–Trinajstić information content (AvgIpc) is 2.89. The van der Waals surface area contributed by atoms with Crippen LogP contribution in [0.4, 0.5) is 5.82 Å². The predicted octanol–water partition coefficient (Wildman–Crippen LogP) is 3.35. The third kappa shape index (κ3) is 1.96. The molecule has 19 heavy (non-hydrogen) atoms. The predicted molar refractivity (Wildman–Crippen MR) is 78.8 cm³/mol. The van der Waals surface area contributed by atoms with Gasteiger partial charge >= 0.3 is 0 Å². The number of para-hydroxylation sites is 1. The largest absolute Gasteiger partial charge is 0.493 e. The Morgan fingerprint density at radius 1 is 1.37 bits per heavy atom.